The molecule has 12 nitrogen and oxygen atoms in total. The molecular weight excluding hydrogens is 608 g/mol. The van der Waals surface area contributed by atoms with Crippen LogP contribution in [0.15, 0.2) is 73.6 Å². The number of aromatic amines is 2. The molecule has 4 amide bonds. The summed E-state index contributed by atoms with van der Waals surface area (Å²) in [4.78, 5) is 65.6. The Morgan fingerprint density at radius 2 is 0.958 bits per heavy atom. The Morgan fingerprint density at radius 1 is 0.583 bits per heavy atom. The average Bonchev–Trinajstić information content (AvgIpc) is 3.82. The lowest BCUT2D eigenvalue weighted by atomic mass is 10.0. The zero-order valence-electron chi connectivity index (χ0n) is 28.0. The Bertz CT molecular complexity index is 1480. The molecule has 0 saturated carbocycles. The van der Waals surface area contributed by atoms with Gasteiger partial charge in [-0.15, -0.1) is 0 Å². The van der Waals surface area contributed by atoms with E-state index in [2.05, 4.69) is 41.2 Å². The summed E-state index contributed by atoms with van der Waals surface area (Å²) in [5.41, 5.74) is 4.50. The SMILES string of the molecule is CC(C)[C@H](NC(=O)c1ccc(-c2cnc[nH]2)cc1)C(=O)NCCCCCCNC(=O)[C@@H](NC(=O)c1ccc(-c2cnc[nH]2)cc1)C(C)C. The van der Waals surface area contributed by atoms with Gasteiger partial charge < -0.3 is 31.2 Å². The van der Waals surface area contributed by atoms with Crippen molar-refractivity contribution in [2.75, 3.05) is 13.1 Å². The maximum absolute atomic E-state index is 12.9. The van der Waals surface area contributed by atoms with Gasteiger partial charge in [-0.25, -0.2) is 9.97 Å². The molecule has 0 unspecified atom stereocenters. The molecule has 0 aliphatic carbocycles. The molecule has 2 aromatic heterocycles. The fourth-order valence-electron chi connectivity index (χ4n) is 5.20. The Hall–Kier alpha value is -5.26. The number of nitrogens with zero attached hydrogens (tertiary/aromatic N) is 2. The Labute approximate surface area is 281 Å². The van der Waals surface area contributed by atoms with Crippen LogP contribution in [0, 0.1) is 11.8 Å². The molecule has 2 atom stereocenters. The van der Waals surface area contributed by atoms with Crippen molar-refractivity contribution in [1.82, 2.24) is 41.2 Å². The number of imidazole rings is 2. The van der Waals surface area contributed by atoms with E-state index in [9.17, 15) is 19.2 Å². The van der Waals surface area contributed by atoms with Crippen LogP contribution in [-0.2, 0) is 9.59 Å². The van der Waals surface area contributed by atoms with Crippen molar-refractivity contribution in [3.05, 3.63) is 84.7 Å². The van der Waals surface area contributed by atoms with Crippen molar-refractivity contribution >= 4 is 23.6 Å². The molecule has 12 heteroatoms. The first kappa shape index (κ1) is 35.6. The predicted octanol–water partition coefficient (Wildman–Crippen LogP) is 4.47. The molecule has 0 aliphatic rings. The molecule has 4 aromatic rings. The highest BCUT2D eigenvalue weighted by molar-refractivity contribution is 5.98. The number of hydrogen-bond donors (Lipinski definition) is 6. The fourth-order valence-corrected chi connectivity index (χ4v) is 5.20. The first-order valence-electron chi connectivity index (χ1n) is 16.5. The van der Waals surface area contributed by atoms with Gasteiger partial charge in [0, 0.05) is 24.2 Å². The molecule has 48 heavy (non-hydrogen) atoms. The van der Waals surface area contributed by atoms with E-state index in [1.807, 2.05) is 52.0 Å². The third kappa shape index (κ3) is 10.1. The molecule has 0 radical (unpaired) electrons. The number of H-pyrrole nitrogens is 2. The first-order chi connectivity index (χ1) is 23.1. The average molecular weight is 655 g/mol. The third-order valence-corrected chi connectivity index (χ3v) is 8.09. The molecule has 0 saturated heterocycles. The largest absolute Gasteiger partial charge is 0.354 e. The van der Waals surface area contributed by atoms with Gasteiger partial charge in [0.05, 0.1) is 36.4 Å². The predicted molar refractivity (Wildman–Crippen MR) is 185 cm³/mol. The lowest BCUT2D eigenvalue weighted by Crippen LogP contribution is -2.50. The Morgan fingerprint density at radius 3 is 1.27 bits per heavy atom. The fraction of sp³-hybridized carbons (Fsp3) is 0.389. The van der Waals surface area contributed by atoms with E-state index in [1.54, 1.807) is 49.3 Å². The van der Waals surface area contributed by atoms with Crippen LogP contribution in [0.5, 0.6) is 0 Å². The van der Waals surface area contributed by atoms with Gasteiger partial charge in [0.25, 0.3) is 11.8 Å². The van der Waals surface area contributed by atoms with Crippen LogP contribution in [-0.4, -0.2) is 68.7 Å². The van der Waals surface area contributed by atoms with E-state index in [0.717, 1.165) is 48.2 Å². The quantitative estimate of drug-likeness (QED) is 0.0917. The van der Waals surface area contributed by atoms with E-state index >= 15 is 0 Å². The summed E-state index contributed by atoms with van der Waals surface area (Å²) in [5.74, 6) is -1.21. The minimum absolute atomic E-state index is 0.0885. The molecular formula is C36H46N8O4. The zero-order valence-corrected chi connectivity index (χ0v) is 28.0. The van der Waals surface area contributed by atoms with Gasteiger partial charge in [0.2, 0.25) is 11.8 Å². The number of carbonyl (C=O) groups is 4. The number of unbranched alkanes of at least 4 members (excludes halogenated alkanes) is 3. The standard InChI is InChI=1S/C36H46N8O4/c1-23(2)31(43-33(45)27-13-9-25(10-14-27)29-19-37-21-41-29)35(47)39-17-7-5-6-8-18-40-36(48)32(24(3)4)44-34(46)28-15-11-26(12-16-28)30-20-38-22-42-30/h9-16,19-24,31-32H,5-8,17-18H2,1-4H3,(H,37,41)(H,38,42)(H,39,47)(H,40,48)(H,43,45)(H,44,46)/t31-,32-/m0/s1. The monoisotopic (exact) mass is 654 g/mol. The van der Waals surface area contributed by atoms with E-state index < -0.39 is 12.1 Å². The number of amides is 4. The normalized spacial score (nSPS) is 12.4. The molecule has 0 bridgehead atoms. The van der Waals surface area contributed by atoms with Crippen molar-refractivity contribution in [1.29, 1.82) is 0 Å². The second-order valence-corrected chi connectivity index (χ2v) is 12.5. The van der Waals surface area contributed by atoms with Crippen LogP contribution < -0.4 is 21.3 Å². The summed E-state index contributed by atoms with van der Waals surface area (Å²) >= 11 is 0. The minimum Gasteiger partial charge on any atom is -0.354 e. The van der Waals surface area contributed by atoms with Crippen molar-refractivity contribution in [2.45, 2.75) is 65.5 Å². The summed E-state index contributed by atoms with van der Waals surface area (Å²) in [6.45, 7) is 8.58. The van der Waals surface area contributed by atoms with Crippen LogP contribution >= 0.6 is 0 Å². The van der Waals surface area contributed by atoms with E-state index in [0.29, 0.717) is 24.2 Å². The summed E-state index contributed by atoms with van der Waals surface area (Å²) in [7, 11) is 0. The molecule has 6 N–H and O–H groups in total. The van der Waals surface area contributed by atoms with Crippen LogP contribution in [0.25, 0.3) is 22.5 Å². The van der Waals surface area contributed by atoms with Gasteiger partial charge in [-0.1, -0.05) is 64.8 Å². The van der Waals surface area contributed by atoms with E-state index in [1.165, 1.54) is 0 Å². The number of rotatable bonds is 17. The smallest absolute Gasteiger partial charge is 0.251 e. The van der Waals surface area contributed by atoms with Crippen molar-refractivity contribution < 1.29 is 19.2 Å². The van der Waals surface area contributed by atoms with E-state index in [4.69, 9.17) is 0 Å². The van der Waals surface area contributed by atoms with Gasteiger partial charge >= 0.3 is 0 Å². The number of hydrogen-bond acceptors (Lipinski definition) is 6. The lowest BCUT2D eigenvalue weighted by molar-refractivity contribution is -0.124. The highest BCUT2D eigenvalue weighted by Crippen LogP contribution is 2.18. The topological polar surface area (TPSA) is 174 Å². The maximum Gasteiger partial charge on any atom is 0.251 e. The maximum atomic E-state index is 12.9. The van der Waals surface area contributed by atoms with Crippen molar-refractivity contribution in [3.8, 4) is 22.5 Å². The molecule has 0 fully saturated rings. The second kappa shape index (κ2) is 17.6. The molecule has 2 aromatic carbocycles. The zero-order chi connectivity index (χ0) is 34.5. The summed E-state index contributed by atoms with van der Waals surface area (Å²) in [6, 6.07) is 12.9. The lowest BCUT2D eigenvalue weighted by Gasteiger charge is -2.22. The van der Waals surface area contributed by atoms with Gasteiger partial charge in [0.15, 0.2) is 0 Å². The molecule has 254 valence electrons. The van der Waals surface area contributed by atoms with E-state index in [-0.39, 0.29) is 35.5 Å². The second-order valence-electron chi connectivity index (χ2n) is 12.5. The van der Waals surface area contributed by atoms with Crippen LogP contribution in [0.1, 0.15) is 74.1 Å². The minimum atomic E-state index is -0.657. The summed E-state index contributed by atoms with van der Waals surface area (Å²) < 4.78 is 0. The van der Waals surface area contributed by atoms with Gasteiger partial charge in [-0.05, 0) is 60.1 Å². The molecule has 2 heterocycles. The first-order valence-corrected chi connectivity index (χ1v) is 16.5. The third-order valence-electron chi connectivity index (χ3n) is 8.09. The number of carbonyl (C=O) groups excluding carboxylic acids is 4. The molecule has 4 rings (SSSR count). The van der Waals surface area contributed by atoms with Gasteiger partial charge in [0.1, 0.15) is 12.1 Å². The summed E-state index contributed by atoms with van der Waals surface area (Å²) in [6.07, 6.45) is 9.91. The summed E-state index contributed by atoms with van der Waals surface area (Å²) in [5, 5.41) is 11.6. The number of benzene rings is 2. The molecule has 0 aliphatic heterocycles. The number of nitrogens with one attached hydrogen (secondary N) is 6. The Kier molecular flexibility index (Phi) is 13.1. The van der Waals surface area contributed by atoms with Crippen LogP contribution in [0.4, 0.5) is 0 Å². The van der Waals surface area contributed by atoms with Crippen LogP contribution in [0.3, 0.4) is 0 Å². The van der Waals surface area contributed by atoms with Crippen LogP contribution in [0.2, 0.25) is 0 Å². The van der Waals surface area contributed by atoms with Gasteiger partial charge in [-0.3, -0.25) is 19.2 Å². The highest BCUT2D eigenvalue weighted by atomic mass is 16.2. The number of aromatic nitrogens is 4. The highest BCUT2D eigenvalue weighted by Gasteiger charge is 2.25. The molecule has 0 spiro atoms. The Balaban J connectivity index is 1.12. The van der Waals surface area contributed by atoms with Crippen molar-refractivity contribution in [2.24, 2.45) is 11.8 Å². The van der Waals surface area contributed by atoms with Gasteiger partial charge in [-0.2, -0.15) is 0 Å². The van der Waals surface area contributed by atoms with Crippen molar-refractivity contribution in [3.63, 3.8) is 0 Å².